The van der Waals surface area contributed by atoms with Gasteiger partial charge in [0.15, 0.2) is 0 Å². The van der Waals surface area contributed by atoms with Crippen LogP contribution in [0.3, 0.4) is 0 Å². The van der Waals surface area contributed by atoms with Crippen molar-refractivity contribution in [2.75, 3.05) is 5.32 Å². The van der Waals surface area contributed by atoms with Gasteiger partial charge in [-0.15, -0.1) is 0 Å². The Balaban J connectivity index is 2.09. The van der Waals surface area contributed by atoms with Crippen LogP contribution in [0.15, 0.2) is 27.7 Å². The highest BCUT2D eigenvalue weighted by Gasteiger charge is 2.13. The van der Waals surface area contributed by atoms with Crippen molar-refractivity contribution < 1.29 is 0 Å². The van der Waals surface area contributed by atoms with E-state index < -0.39 is 0 Å². The van der Waals surface area contributed by atoms with Crippen LogP contribution in [0.2, 0.25) is 5.02 Å². The number of anilines is 1. The van der Waals surface area contributed by atoms with Gasteiger partial charge in [0, 0.05) is 4.47 Å². The molecule has 1 aliphatic rings. The third-order valence-electron chi connectivity index (χ3n) is 3.20. The van der Waals surface area contributed by atoms with E-state index in [0.717, 1.165) is 23.0 Å². The van der Waals surface area contributed by atoms with Crippen LogP contribution in [0, 0.1) is 0 Å². The Labute approximate surface area is 126 Å². The fraction of sp³-hybridized carbons (Fsp3) is 0.462. The maximum Gasteiger partial charge on any atom is 0.210 e. The summed E-state index contributed by atoms with van der Waals surface area (Å²) in [4.78, 5) is 4.62. The molecule has 0 atom stereocenters. The molecule has 0 aliphatic heterocycles. The number of guanidine groups is 1. The van der Waals surface area contributed by atoms with Gasteiger partial charge in [-0.25, -0.2) is 10.8 Å². The molecular weight excluding hydrogens is 328 g/mol. The molecule has 1 aromatic rings. The summed E-state index contributed by atoms with van der Waals surface area (Å²) in [5.74, 6) is 6.09. The zero-order valence-corrected chi connectivity index (χ0v) is 13.0. The predicted octanol–water partition coefficient (Wildman–Crippen LogP) is 3.67. The highest BCUT2D eigenvalue weighted by Crippen LogP contribution is 2.26. The Morgan fingerprint density at radius 1 is 1.32 bits per heavy atom. The summed E-state index contributed by atoms with van der Waals surface area (Å²) in [5, 5.41) is 3.77. The molecule has 1 aliphatic carbocycles. The van der Waals surface area contributed by atoms with E-state index in [9.17, 15) is 0 Å². The zero-order chi connectivity index (χ0) is 13.7. The third kappa shape index (κ3) is 4.37. The number of aliphatic imine (C=N–C) groups is 1. The minimum absolute atomic E-state index is 0.346. The van der Waals surface area contributed by atoms with Crippen molar-refractivity contribution in [1.29, 1.82) is 0 Å². The molecule has 0 amide bonds. The Morgan fingerprint density at radius 2 is 2.05 bits per heavy atom. The molecule has 2 rings (SSSR count). The third-order valence-corrected chi connectivity index (χ3v) is 4.03. The Morgan fingerprint density at radius 3 is 2.74 bits per heavy atom. The van der Waals surface area contributed by atoms with E-state index in [0.29, 0.717) is 17.0 Å². The van der Waals surface area contributed by atoms with Crippen molar-refractivity contribution in [3.8, 4) is 0 Å². The van der Waals surface area contributed by atoms with Crippen LogP contribution in [0.1, 0.15) is 32.1 Å². The summed E-state index contributed by atoms with van der Waals surface area (Å²) >= 11 is 9.55. The van der Waals surface area contributed by atoms with Crippen molar-refractivity contribution in [3.63, 3.8) is 0 Å². The van der Waals surface area contributed by atoms with E-state index >= 15 is 0 Å². The summed E-state index contributed by atoms with van der Waals surface area (Å²) in [6.07, 6.45) is 6.04. The number of rotatable bonds is 2. The minimum Gasteiger partial charge on any atom is -0.324 e. The Bertz CT molecular complexity index is 458. The van der Waals surface area contributed by atoms with Crippen LogP contribution in [0.25, 0.3) is 0 Å². The second kappa shape index (κ2) is 7.12. The lowest BCUT2D eigenvalue weighted by Gasteiger charge is -2.19. The van der Waals surface area contributed by atoms with Crippen LogP contribution >= 0.6 is 27.5 Å². The lowest BCUT2D eigenvalue weighted by Crippen LogP contribution is -2.37. The first-order valence-electron chi connectivity index (χ1n) is 6.45. The van der Waals surface area contributed by atoms with Crippen LogP contribution in [-0.2, 0) is 0 Å². The van der Waals surface area contributed by atoms with E-state index in [4.69, 9.17) is 17.4 Å². The minimum atomic E-state index is 0.346. The maximum atomic E-state index is 6.13. The number of hydrogen-bond acceptors (Lipinski definition) is 2. The molecule has 0 unspecified atom stereocenters. The molecule has 0 heterocycles. The van der Waals surface area contributed by atoms with Gasteiger partial charge in [-0.3, -0.25) is 5.43 Å². The number of nitrogens with two attached hydrogens (primary N) is 1. The Hall–Kier alpha value is -0.780. The molecule has 1 saturated carbocycles. The summed E-state index contributed by atoms with van der Waals surface area (Å²) in [7, 11) is 0. The van der Waals surface area contributed by atoms with Gasteiger partial charge in [0.1, 0.15) is 0 Å². The summed E-state index contributed by atoms with van der Waals surface area (Å²) in [5.41, 5.74) is 3.39. The van der Waals surface area contributed by atoms with Crippen LogP contribution in [-0.4, -0.2) is 12.0 Å². The molecule has 0 radical (unpaired) electrons. The molecule has 1 fully saturated rings. The van der Waals surface area contributed by atoms with Crippen molar-refractivity contribution in [3.05, 3.63) is 27.7 Å². The normalized spacial score (nSPS) is 17.3. The molecule has 0 saturated heterocycles. The van der Waals surface area contributed by atoms with Gasteiger partial charge in [-0.05, 0) is 31.0 Å². The largest absolute Gasteiger partial charge is 0.324 e. The molecule has 0 aromatic heterocycles. The van der Waals surface area contributed by atoms with Gasteiger partial charge in [0.25, 0.3) is 0 Å². The smallest absolute Gasteiger partial charge is 0.210 e. The summed E-state index contributed by atoms with van der Waals surface area (Å²) < 4.78 is 0.952. The lowest BCUT2D eigenvalue weighted by atomic mass is 9.96. The van der Waals surface area contributed by atoms with E-state index in [1.54, 1.807) is 0 Å². The molecule has 4 N–H and O–H groups in total. The van der Waals surface area contributed by atoms with Crippen LogP contribution < -0.4 is 16.6 Å². The second-order valence-electron chi connectivity index (χ2n) is 4.66. The van der Waals surface area contributed by atoms with Crippen molar-refractivity contribution >= 4 is 39.2 Å². The number of halogens is 2. The number of hydrogen-bond donors (Lipinski definition) is 3. The summed E-state index contributed by atoms with van der Waals surface area (Å²) in [6.45, 7) is 0. The second-order valence-corrected chi connectivity index (χ2v) is 5.99. The first kappa shape index (κ1) is 14.6. The highest BCUT2D eigenvalue weighted by molar-refractivity contribution is 9.10. The maximum absolute atomic E-state index is 6.13. The highest BCUT2D eigenvalue weighted by atomic mass is 79.9. The molecule has 104 valence electrons. The van der Waals surface area contributed by atoms with Crippen molar-refractivity contribution in [1.82, 2.24) is 5.43 Å². The lowest BCUT2D eigenvalue weighted by molar-refractivity contribution is 0.442. The van der Waals surface area contributed by atoms with Gasteiger partial charge in [-0.2, -0.15) is 0 Å². The van der Waals surface area contributed by atoms with E-state index in [1.807, 2.05) is 18.2 Å². The summed E-state index contributed by atoms with van der Waals surface area (Å²) in [6, 6.07) is 5.96. The fourth-order valence-corrected chi connectivity index (χ4v) is 2.75. The zero-order valence-electron chi connectivity index (χ0n) is 10.6. The van der Waals surface area contributed by atoms with Crippen molar-refractivity contribution in [2.24, 2.45) is 10.8 Å². The first-order valence-corrected chi connectivity index (χ1v) is 7.62. The van der Waals surface area contributed by atoms with Crippen LogP contribution in [0.5, 0.6) is 0 Å². The molecule has 19 heavy (non-hydrogen) atoms. The molecule has 6 heteroatoms. The number of nitrogens with one attached hydrogen (secondary N) is 2. The average molecular weight is 346 g/mol. The molecule has 0 spiro atoms. The van der Waals surface area contributed by atoms with Gasteiger partial charge in [0.2, 0.25) is 5.96 Å². The van der Waals surface area contributed by atoms with Gasteiger partial charge >= 0.3 is 0 Å². The molecular formula is C13H18BrClN4. The number of hydrazine groups is 1. The monoisotopic (exact) mass is 344 g/mol. The van der Waals surface area contributed by atoms with Gasteiger partial charge in [0.05, 0.1) is 16.8 Å². The Kier molecular flexibility index (Phi) is 5.48. The van der Waals surface area contributed by atoms with Gasteiger partial charge in [-0.1, -0.05) is 46.8 Å². The average Bonchev–Trinajstić information content (AvgIpc) is 2.43. The standard InChI is InChI=1S/C13H18BrClN4/c14-9-6-7-11(15)12(8-9)18-13(19-16)17-10-4-2-1-3-5-10/h6-8,10H,1-5,16H2,(H2,17,18,19). The van der Waals surface area contributed by atoms with Gasteiger partial charge < -0.3 is 5.32 Å². The fourth-order valence-electron chi connectivity index (χ4n) is 2.22. The molecule has 0 bridgehead atoms. The van der Waals surface area contributed by atoms with E-state index in [1.165, 1.54) is 19.3 Å². The number of benzene rings is 1. The molecule has 1 aromatic carbocycles. The van der Waals surface area contributed by atoms with E-state index in [-0.39, 0.29) is 0 Å². The molecule has 4 nitrogen and oxygen atoms in total. The topological polar surface area (TPSA) is 62.4 Å². The quantitative estimate of drug-likeness (QED) is 0.332. The van der Waals surface area contributed by atoms with Crippen LogP contribution in [0.4, 0.5) is 5.69 Å². The first-order chi connectivity index (χ1) is 9.19. The van der Waals surface area contributed by atoms with Crippen molar-refractivity contribution in [2.45, 2.75) is 38.1 Å². The SMILES string of the molecule is NNC(=NC1CCCCC1)Nc1cc(Br)ccc1Cl. The predicted molar refractivity (Wildman–Crippen MR) is 84.4 cm³/mol. The van der Waals surface area contributed by atoms with E-state index in [2.05, 4.69) is 31.7 Å². The number of nitrogens with zero attached hydrogens (tertiary/aromatic N) is 1.